The Morgan fingerprint density at radius 2 is 2.11 bits per heavy atom. The Bertz CT molecular complexity index is 623. The monoisotopic (exact) mass is 302 g/mol. The van der Waals surface area contributed by atoms with Gasteiger partial charge in [-0.15, -0.1) is 5.10 Å². The van der Waals surface area contributed by atoms with E-state index in [9.17, 15) is 4.79 Å². The summed E-state index contributed by atoms with van der Waals surface area (Å²) in [6.45, 7) is 2.94. The molecule has 0 aliphatic rings. The Morgan fingerprint density at radius 3 is 2.84 bits per heavy atom. The number of tetrazole rings is 1. The average Bonchev–Trinajstić information content (AvgIpc) is 2.84. The first kappa shape index (κ1) is 14.0. The van der Waals surface area contributed by atoms with Crippen LogP contribution in [0.3, 0.4) is 0 Å². The summed E-state index contributed by atoms with van der Waals surface area (Å²) in [6.07, 6.45) is 3.32. The zero-order chi connectivity index (χ0) is 13.8. The van der Waals surface area contributed by atoms with Gasteiger partial charge in [-0.2, -0.15) is 5.10 Å². The SMILES string of the molecule is CCCCn1nnnc1Cn1ncc(Cl)c(Cl)c1=O. The maximum Gasteiger partial charge on any atom is 0.287 e. The molecule has 2 rings (SSSR count). The standard InChI is InChI=1S/C10H12Cl2N6O/c1-2-3-4-17-8(14-15-16-17)6-18-10(19)9(12)7(11)5-13-18/h5H,2-4,6H2,1H3. The molecule has 0 aliphatic carbocycles. The van der Waals surface area contributed by atoms with Crippen LogP contribution in [-0.2, 0) is 13.1 Å². The summed E-state index contributed by atoms with van der Waals surface area (Å²) in [5.74, 6) is 0.557. The summed E-state index contributed by atoms with van der Waals surface area (Å²) < 4.78 is 2.84. The molecule has 102 valence electrons. The van der Waals surface area contributed by atoms with Gasteiger partial charge in [-0.05, 0) is 16.8 Å². The zero-order valence-corrected chi connectivity index (χ0v) is 11.8. The van der Waals surface area contributed by atoms with Crippen molar-refractivity contribution < 1.29 is 0 Å². The number of unbranched alkanes of at least 4 members (excludes halogenated alkanes) is 1. The van der Waals surface area contributed by atoms with E-state index >= 15 is 0 Å². The third kappa shape index (κ3) is 3.10. The second-order valence-corrected chi connectivity index (χ2v) is 4.73. The minimum atomic E-state index is -0.459. The fourth-order valence-corrected chi connectivity index (χ4v) is 1.78. The molecule has 7 nitrogen and oxygen atoms in total. The number of nitrogens with zero attached hydrogens (tertiary/aromatic N) is 6. The van der Waals surface area contributed by atoms with Gasteiger partial charge in [0.2, 0.25) is 0 Å². The molecule has 19 heavy (non-hydrogen) atoms. The zero-order valence-electron chi connectivity index (χ0n) is 10.3. The molecule has 0 atom stereocenters. The van der Waals surface area contributed by atoms with E-state index in [4.69, 9.17) is 23.2 Å². The van der Waals surface area contributed by atoms with Gasteiger partial charge >= 0.3 is 0 Å². The Hall–Kier alpha value is -1.47. The van der Waals surface area contributed by atoms with Crippen LogP contribution in [-0.4, -0.2) is 30.0 Å². The first-order chi connectivity index (χ1) is 9.13. The van der Waals surface area contributed by atoms with Crippen LogP contribution in [0, 0.1) is 0 Å². The van der Waals surface area contributed by atoms with Gasteiger partial charge in [0, 0.05) is 6.54 Å². The summed E-state index contributed by atoms with van der Waals surface area (Å²) in [5, 5.41) is 15.4. The van der Waals surface area contributed by atoms with Gasteiger partial charge in [0.1, 0.15) is 11.6 Å². The van der Waals surface area contributed by atoms with Gasteiger partial charge in [-0.25, -0.2) is 9.36 Å². The number of halogens is 2. The predicted octanol–water partition coefficient (Wildman–Crippen LogP) is 1.38. The van der Waals surface area contributed by atoms with Crippen molar-refractivity contribution in [3.8, 4) is 0 Å². The van der Waals surface area contributed by atoms with Crippen LogP contribution in [0.4, 0.5) is 0 Å². The lowest BCUT2D eigenvalue weighted by Gasteiger charge is -2.06. The van der Waals surface area contributed by atoms with Crippen LogP contribution >= 0.6 is 23.2 Å². The highest BCUT2D eigenvalue weighted by molar-refractivity contribution is 6.41. The third-order valence-electron chi connectivity index (χ3n) is 2.56. The van der Waals surface area contributed by atoms with Gasteiger partial charge in [-0.3, -0.25) is 4.79 Å². The predicted molar refractivity (Wildman–Crippen MR) is 70.3 cm³/mol. The van der Waals surface area contributed by atoms with Gasteiger partial charge in [-0.1, -0.05) is 36.5 Å². The fourth-order valence-electron chi connectivity index (χ4n) is 1.51. The molecular formula is C10H12Cl2N6O. The molecule has 0 aromatic carbocycles. The maximum atomic E-state index is 11.8. The maximum absolute atomic E-state index is 11.8. The Labute approximate surface area is 119 Å². The Balaban J connectivity index is 2.25. The highest BCUT2D eigenvalue weighted by Gasteiger charge is 2.11. The second kappa shape index (κ2) is 6.12. The Kier molecular flexibility index (Phi) is 4.49. The molecule has 2 aromatic heterocycles. The van der Waals surface area contributed by atoms with Crippen LogP contribution in [0.5, 0.6) is 0 Å². The molecule has 0 radical (unpaired) electrons. The first-order valence-electron chi connectivity index (χ1n) is 5.79. The largest absolute Gasteiger partial charge is 0.287 e. The molecular weight excluding hydrogens is 291 g/mol. The van der Waals surface area contributed by atoms with E-state index in [1.54, 1.807) is 4.68 Å². The van der Waals surface area contributed by atoms with E-state index in [2.05, 4.69) is 27.5 Å². The van der Waals surface area contributed by atoms with Crippen LogP contribution in [0.25, 0.3) is 0 Å². The number of aryl methyl sites for hydroxylation is 1. The minimum absolute atomic E-state index is 0.0516. The first-order valence-corrected chi connectivity index (χ1v) is 6.55. The number of hydrogen-bond donors (Lipinski definition) is 0. The quantitative estimate of drug-likeness (QED) is 0.834. The topological polar surface area (TPSA) is 78.5 Å². The molecule has 0 spiro atoms. The van der Waals surface area contributed by atoms with Crippen molar-refractivity contribution >= 4 is 23.2 Å². The fraction of sp³-hybridized carbons (Fsp3) is 0.500. The van der Waals surface area contributed by atoms with Gasteiger partial charge in [0.15, 0.2) is 5.82 Å². The van der Waals surface area contributed by atoms with Crippen molar-refractivity contribution in [2.75, 3.05) is 0 Å². The third-order valence-corrected chi connectivity index (χ3v) is 3.31. The Morgan fingerprint density at radius 1 is 1.32 bits per heavy atom. The molecule has 0 aliphatic heterocycles. The number of hydrogen-bond acceptors (Lipinski definition) is 5. The molecule has 2 heterocycles. The van der Waals surface area contributed by atoms with Gasteiger partial charge in [0.25, 0.3) is 5.56 Å². The van der Waals surface area contributed by atoms with E-state index in [1.807, 2.05) is 0 Å². The normalized spacial score (nSPS) is 10.9. The van der Waals surface area contributed by atoms with Gasteiger partial charge in [0.05, 0.1) is 11.2 Å². The molecule has 0 amide bonds. The summed E-state index contributed by atoms with van der Waals surface area (Å²) in [5.41, 5.74) is -0.459. The highest BCUT2D eigenvalue weighted by Crippen LogP contribution is 2.14. The van der Waals surface area contributed by atoms with Crippen LogP contribution < -0.4 is 5.56 Å². The average molecular weight is 303 g/mol. The number of aromatic nitrogens is 6. The summed E-state index contributed by atoms with van der Waals surface area (Å²) in [6, 6.07) is 0. The molecule has 0 bridgehead atoms. The van der Waals surface area contributed by atoms with E-state index in [-0.39, 0.29) is 16.6 Å². The lowest BCUT2D eigenvalue weighted by molar-refractivity contribution is 0.508. The molecule has 0 unspecified atom stereocenters. The molecule has 2 aromatic rings. The lowest BCUT2D eigenvalue weighted by Crippen LogP contribution is -2.25. The summed E-state index contributed by atoms with van der Waals surface area (Å²) in [4.78, 5) is 11.8. The van der Waals surface area contributed by atoms with Crippen molar-refractivity contribution in [2.24, 2.45) is 0 Å². The van der Waals surface area contributed by atoms with Crippen LogP contribution in [0.15, 0.2) is 11.0 Å². The van der Waals surface area contributed by atoms with E-state index in [0.29, 0.717) is 12.4 Å². The van der Waals surface area contributed by atoms with E-state index in [0.717, 1.165) is 12.8 Å². The molecule has 9 heteroatoms. The van der Waals surface area contributed by atoms with Gasteiger partial charge < -0.3 is 0 Å². The van der Waals surface area contributed by atoms with Crippen LogP contribution in [0.1, 0.15) is 25.6 Å². The van der Waals surface area contributed by atoms with E-state index in [1.165, 1.54) is 10.9 Å². The van der Waals surface area contributed by atoms with Crippen molar-refractivity contribution in [3.63, 3.8) is 0 Å². The van der Waals surface area contributed by atoms with Crippen molar-refractivity contribution in [1.82, 2.24) is 30.0 Å². The molecule has 0 fully saturated rings. The van der Waals surface area contributed by atoms with Crippen molar-refractivity contribution in [1.29, 1.82) is 0 Å². The highest BCUT2D eigenvalue weighted by atomic mass is 35.5. The second-order valence-electron chi connectivity index (χ2n) is 3.94. The van der Waals surface area contributed by atoms with E-state index < -0.39 is 5.56 Å². The smallest absolute Gasteiger partial charge is 0.266 e. The molecule has 0 saturated heterocycles. The minimum Gasteiger partial charge on any atom is -0.266 e. The number of rotatable bonds is 5. The summed E-state index contributed by atoms with van der Waals surface area (Å²) >= 11 is 11.5. The molecule has 0 saturated carbocycles. The van der Waals surface area contributed by atoms with Crippen molar-refractivity contribution in [3.05, 3.63) is 32.4 Å². The molecule has 0 N–H and O–H groups in total. The summed E-state index contributed by atoms with van der Waals surface area (Å²) in [7, 11) is 0. The van der Waals surface area contributed by atoms with Crippen LogP contribution in [0.2, 0.25) is 10.0 Å². The van der Waals surface area contributed by atoms with Crippen molar-refractivity contribution in [2.45, 2.75) is 32.9 Å². The lowest BCUT2D eigenvalue weighted by atomic mass is 10.3.